The smallest absolute Gasteiger partial charge is 0.205 e. The quantitative estimate of drug-likeness (QED) is 0.726. The fraction of sp³-hybridized carbons (Fsp3) is 0.125. The number of halogens is 1. The minimum absolute atomic E-state index is 0.160. The van der Waals surface area contributed by atoms with Crippen molar-refractivity contribution < 1.29 is 9.50 Å². The van der Waals surface area contributed by atoms with Crippen molar-refractivity contribution in [3.8, 4) is 17.1 Å². The number of nitrogens with zero attached hydrogens (tertiary/aromatic N) is 4. The SMILES string of the molecule is Cn1nnc(-c2cc(O)cc(F)c2)n1. The standard InChI is InChI=1S/C8H7FN4O/c1-13-11-8(10-12-13)5-2-6(9)4-7(14)3-5/h2-4,14H,1H3. The maximum absolute atomic E-state index is 12.9. The third kappa shape index (κ3) is 1.54. The van der Waals surface area contributed by atoms with Crippen LogP contribution in [0.4, 0.5) is 4.39 Å². The van der Waals surface area contributed by atoms with Crippen molar-refractivity contribution in [1.82, 2.24) is 20.2 Å². The summed E-state index contributed by atoms with van der Waals surface area (Å²) >= 11 is 0. The highest BCUT2D eigenvalue weighted by molar-refractivity contribution is 5.56. The Morgan fingerprint density at radius 1 is 1.36 bits per heavy atom. The number of hydrogen-bond acceptors (Lipinski definition) is 4. The first-order valence-electron chi connectivity index (χ1n) is 3.89. The second-order valence-electron chi connectivity index (χ2n) is 2.80. The molecule has 0 unspecified atom stereocenters. The summed E-state index contributed by atoms with van der Waals surface area (Å²) < 4.78 is 12.9. The Morgan fingerprint density at radius 2 is 2.14 bits per heavy atom. The van der Waals surface area contributed by atoms with Crippen LogP contribution in [0.3, 0.4) is 0 Å². The Hall–Kier alpha value is -1.98. The van der Waals surface area contributed by atoms with Crippen LogP contribution in [0.15, 0.2) is 18.2 Å². The van der Waals surface area contributed by atoms with Crippen molar-refractivity contribution >= 4 is 0 Å². The summed E-state index contributed by atoms with van der Waals surface area (Å²) in [6.45, 7) is 0. The van der Waals surface area contributed by atoms with Gasteiger partial charge >= 0.3 is 0 Å². The summed E-state index contributed by atoms with van der Waals surface area (Å²) in [6, 6.07) is 3.62. The average molecular weight is 194 g/mol. The van der Waals surface area contributed by atoms with E-state index in [0.29, 0.717) is 5.56 Å². The Labute approximate surface area is 78.8 Å². The fourth-order valence-corrected chi connectivity index (χ4v) is 1.10. The number of aromatic nitrogens is 4. The van der Waals surface area contributed by atoms with Crippen molar-refractivity contribution in [3.63, 3.8) is 0 Å². The van der Waals surface area contributed by atoms with Crippen LogP contribution in [0, 0.1) is 5.82 Å². The number of aromatic hydroxyl groups is 1. The molecule has 5 nitrogen and oxygen atoms in total. The molecule has 2 aromatic rings. The first-order chi connectivity index (χ1) is 6.65. The number of rotatable bonds is 1. The zero-order chi connectivity index (χ0) is 10.1. The van der Waals surface area contributed by atoms with Gasteiger partial charge in [-0.1, -0.05) is 0 Å². The molecule has 1 aromatic heterocycles. The van der Waals surface area contributed by atoms with Crippen LogP contribution in [0.2, 0.25) is 0 Å². The molecule has 0 amide bonds. The summed E-state index contributed by atoms with van der Waals surface area (Å²) in [6.07, 6.45) is 0. The van der Waals surface area contributed by atoms with Crippen molar-refractivity contribution in [2.45, 2.75) is 0 Å². The van der Waals surface area contributed by atoms with Crippen LogP contribution in [-0.4, -0.2) is 25.3 Å². The topological polar surface area (TPSA) is 63.8 Å². The normalized spacial score (nSPS) is 10.4. The van der Waals surface area contributed by atoms with E-state index in [1.165, 1.54) is 16.9 Å². The molecular weight excluding hydrogens is 187 g/mol. The largest absolute Gasteiger partial charge is 0.508 e. The maximum Gasteiger partial charge on any atom is 0.205 e. The predicted octanol–water partition coefficient (Wildman–Crippen LogP) is 0.722. The number of phenols is 1. The van der Waals surface area contributed by atoms with Crippen molar-refractivity contribution in [3.05, 3.63) is 24.0 Å². The van der Waals surface area contributed by atoms with E-state index in [-0.39, 0.29) is 11.6 Å². The second kappa shape index (κ2) is 3.06. The van der Waals surface area contributed by atoms with Gasteiger partial charge in [0.1, 0.15) is 11.6 Å². The lowest BCUT2D eigenvalue weighted by molar-refractivity contribution is 0.469. The van der Waals surface area contributed by atoms with Gasteiger partial charge < -0.3 is 5.11 Å². The monoisotopic (exact) mass is 194 g/mol. The highest BCUT2D eigenvalue weighted by Crippen LogP contribution is 2.21. The highest BCUT2D eigenvalue weighted by Gasteiger charge is 2.07. The number of benzene rings is 1. The van der Waals surface area contributed by atoms with Crippen LogP contribution in [-0.2, 0) is 7.05 Å². The van der Waals surface area contributed by atoms with Gasteiger partial charge in [0.15, 0.2) is 0 Å². The second-order valence-corrected chi connectivity index (χ2v) is 2.80. The van der Waals surface area contributed by atoms with Crippen LogP contribution in [0.25, 0.3) is 11.4 Å². The van der Waals surface area contributed by atoms with Crippen molar-refractivity contribution in [2.75, 3.05) is 0 Å². The van der Waals surface area contributed by atoms with E-state index in [1.54, 1.807) is 7.05 Å². The molecule has 0 saturated heterocycles. The fourth-order valence-electron chi connectivity index (χ4n) is 1.10. The zero-order valence-corrected chi connectivity index (χ0v) is 7.35. The molecule has 1 heterocycles. The van der Waals surface area contributed by atoms with Gasteiger partial charge in [-0.05, 0) is 17.3 Å². The molecule has 0 aliphatic heterocycles. The van der Waals surface area contributed by atoms with E-state index < -0.39 is 5.82 Å². The van der Waals surface area contributed by atoms with Gasteiger partial charge in [0, 0.05) is 11.6 Å². The van der Waals surface area contributed by atoms with Crippen molar-refractivity contribution in [2.24, 2.45) is 7.05 Å². The lowest BCUT2D eigenvalue weighted by atomic mass is 10.2. The van der Waals surface area contributed by atoms with Gasteiger partial charge in [-0.2, -0.15) is 4.80 Å². The Balaban J connectivity index is 2.51. The molecule has 0 atom stereocenters. The van der Waals surface area contributed by atoms with Gasteiger partial charge in [-0.15, -0.1) is 10.2 Å². The van der Waals surface area contributed by atoms with E-state index in [4.69, 9.17) is 5.11 Å². The molecule has 2 rings (SSSR count). The van der Waals surface area contributed by atoms with Crippen molar-refractivity contribution in [1.29, 1.82) is 0 Å². The molecule has 1 aromatic carbocycles. The van der Waals surface area contributed by atoms with E-state index in [1.807, 2.05) is 0 Å². The molecule has 6 heteroatoms. The predicted molar refractivity (Wildman–Crippen MR) is 45.9 cm³/mol. The Kier molecular flexibility index (Phi) is 1.88. The number of tetrazole rings is 1. The first-order valence-corrected chi connectivity index (χ1v) is 3.89. The minimum atomic E-state index is -0.535. The van der Waals surface area contributed by atoms with Crippen LogP contribution < -0.4 is 0 Å². The molecule has 0 aliphatic rings. The van der Waals surface area contributed by atoms with Crippen LogP contribution in [0.5, 0.6) is 5.75 Å². The molecule has 72 valence electrons. The highest BCUT2D eigenvalue weighted by atomic mass is 19.1. The summed E-state index contributed by atoms with van der Waals surface area (Å²) in [4.78, 5) is 1.26. The van der Waals surface area contributed by atoms with E-state index in [0.717, 1.165) is 6.07 Å². The van der Waals surface area contributed by atoms with Gasteiger partial charge in [0.2, 0.25) is 5.82 Å². The average Bonchev–Trinajstić information content (AvgIpc) is 2.50. The molecular formula is C8H7FN4O. The summed E-state index contributed by atoms with van der Waals surface area (Å²) in [7, 11) is 1.61. The Morgan fingerprint density at radius 3 is 2.71 bits per heavy atom. The van der Waals surface area contributed by atoms with E-state index >= 15 is 0 Å². The lowest BCUT2D eigenvalue weighted by Crippen LogP contribution is -1.92. The first kappa shape index (κ1) is 8.61. The summed E-state index contributed by atoms with van der Waals surface area (Å²) in [5.41, 5.74) is 0.399. The summed E-state index contributed by atoms with van der Waals surface area (Å²) in [5.74, 6) is -0.415. The molecule has 14 heavy (non-hydrogen) atoms. The third-order valence-electron chi connectivity index (χ3n) is 1.65. The Bertz CT molecular complexity index is 448. The molecule has 0 radical (unpaired) electrons. The summed E-state index contributed by atoms with van der Waals surface area (Å²) in [5, 5.41) is 20.3. The van der Waals surface area contributed by atoms with Crippen LogP contribution >= 0.6 is 0 Å². The zero-order valence-electron chi connectivity index (χ0n) is 7.35. The molecule has 0 aliphatic carbocycles. The van der Waals surface area contributed by atoms with Gasteiger partial charge in [0.25, 0.3) is 0 Å². The molecule has 0 saturated carbocycles. The number of aryl methyl sites for hydroxylation is 1. The van der Waals surface area contributed by atoms with E-state index in [9.17, 15) is 4.39 Å². The maximum atomic E-state index is 12.9. The third-order valence-corrected chi connectivity index (χ3v) is 1.65. The molecule has 1 N–H and O–H groups in total. The van der Waals surface area contributed by atoms with E-state index in [2.05, 4.69) is 15.4 Å². The van der Waals surface area contributed by atoms with Gasteiger partial charge in [-0.3, -0.25) is 0 Å². The number of hydrogen-bond donors (Lipinski definition) is 1. The molecule has 0 bridgehead atoms. The number of phenolic OH excluding ortho intramolecular Hbond substituents is 1. The van der Waals surface area contributed by atoms with Gasteiger partial charge in [-0.25, -0.2) is 4.39 Å². The van der Waals surface area contributed by atoms with Gasteiger partial charge in [0.05, 0.1) is 7.05 Å². The minimum Gasteiger partial charge on any atom is -0.508 e. The molecule has 0 fully saturated rings. The van der Waals surface area contributed by atoms with Crippen LogP contribution in [0.1, 0.15) is 0 Å². The lowest BCUT2D eigenvalue weighted by Gasteiger charge is -1.96. The molecule has 0 spiro atoms.